The average molecular weight is 238 g/mol. The molecule has 17 heavy (non-hydrogen) atoms. The molecule has 0 N–H and O–H groups in total. The van der Waals surface area contributed by atoms with Crippen LogP contribution in [0.15, 0.2) is 24.3 Å². The van der Waals surface area contributed by atoms with E-state index in [1.807, 2.05) is 0 Å². The third-order valence-electron chi connectivity index (χ3n) is 2.56. The maximum atomic E-state index is 12.7. The van der Waals surface area contributed by atoms with E-state index in [-0.39, 0.29) is 18.0 Å². The van der Waals surface area contributed by atoms with Gasteiger partial charge in [-0.15, -0.1) is 0 Å². The van der Waals surface area contributed by atoms with Gasteiger partial charge in [0.25, 0.3) is 0 Å². The summed E-state index contributed by atoms with van der Waals surface area (Å²) < 4.78 is 17.5. The highest BCUT2D eigenvalue weighted by Crippen LogP contribution is 2.12. The molecule has 0 aliphatic heterocycles. The lowest BCUT2D eigenvalue weighted by atomic mass is 9.94. The van der Waals surface area contributed by atoms with Crippen molar-refractivity contribution in [1.29, 1.82) is 0 Å². The van der Waals surface area contributed by atoms with Gasteiger partial charge in [-0.05, 0) is 31.2 Å². The molecule has 1 unspecified atom stereocenters. The maximum Gasteiger partial charge on any atom is 0.173 e. The van der Waals surface area contributed by atoms with Gasteiger partial charge in [0.05, 0.1) is 12.5 Å². The number of carbonyl (C=O) groups is 2. The number of rotatable bonds is 6. The topological polar surface area (TPSA) is 43.4 Å². The molecule has 0 radical (unpaired) electrons. The summed E-state index contributed by atoms with van der Waals surface area (Å²) in [6.07, 6.45) is 0.213. The Bertz CT molecular complexity index is 398. The molecular weight excluding hydrogens is 223 g/mol. The van der Waals surface area contributed by atoms with Gasteiger partial charge in [-0.1, -0.05) is 0 Å². The third-order valence-corrected chi connectivity index (χ3v) is 2.56. The maximum absolute atomic E-state index is 12.7. The normalized spacial score (nSPS) is 12.2. The zero-order chi connectivity index (χ0) is 12.8. The Morgan fingerprint density at radius 1 is 1.29 bits per heavy atom. The molecule has 1 atom stereocenters. The van der Waals surface area contributed by atoms with Gasteiger partial charge in [0.15, 0.2) is 5.78 Å². The average Bonchev–Trinajstić information content (AvgIpc) is 2.35. The standard InChI is InChI=1S/C13H15FO3/c1-9(12(15)7-8-17-2)13(16)10-3-5-11(14)6-4-10/h3-6,9H,7-8H2,1-2H3. The van der Waals surface area contributed by atoms with E-state index >= 15 is 0 Å². The molecule has 1 aromatic carbocycles. The van der Waals surface area contributed by atoms with Crippen molar-refractivity contribution in [2.24, 2.45) is 5.92 Å². The number of hydrogen-bond acceptors (Lipinski definition) is 3. The second-order valence-corrected chi connectivity index (χ2v) is 3.80. The van der Waals surface area contributed by atoms with Crippen LogP contribution in [-0.4, -0.2) is 25.3 Å². The van der Waals surface area contributed by atoms with Gasteiger partial charge in [-0.25, -0.2) is 4.39 Å². The van der Waals surface area contributed by atoms with Crippen LogP contribution in [0.25, 0.3) is 0 Å². The Labute approximate surface area is 99.6 Å². The first-order chi connectivity index (χ1) is 8.06. The van der Waals surface area contributed by atoms with E-state index in [0.29, 0.717) is 12.2 Å². The minimum Gasteiger partial charge on any atom is -0.384 e. The third kappa shape index (κ3) is 3.75. The summed E-state index contributed by atoms with van der Waals surface area (Å²) in [7, 11) is 1.50. The Hall–Kier alpha value is -1.55. The largest absolute Gasteiger partial charge is 0.384 e. The van der Waals surface area contributed by atoms with Crippen molar-refractivity contribution in [3.05, 3.63) is 35.6 Å². The van der Waals surface area contributed by atoms with Crippen LogP contribution in [0.1, 0.15) is 23.7 Å². The fourth-order valence-corrected chi connectivity index (χ4v) is 1.43. The highest BCUT2D eigenvalue weighted by Gasteiger charge is 2.22. The summed E-state index contributed by atoms with van der Waals surface area (Å²) in [6.45, 7) is 1.86. The van der Waals surface area contributed by atoms with Gasteiger partial charge >= 0.3 is 0 Å². The van der Waals surface area contributed by atoms with E-state index in [1.54, 1.807) is 6.92 Å². The molecule has 92 valence electrons. The predicted octanol–water partition coefficient (Wildman–Crippen LogP) is 2.25. The van der Waals surface area contributed by atoms with Crippen LogP contribution in [0, 0.1) is 11.7 Å². The summed E-state index contributed by atoms with van der Waals surface area (Å²) in [5.41, 5.74) is 0.352. The van der Waals surface area contributed by atoms with Crippen molar-refractivity contribution in [3.8, 4) is 0 Å². The Kier molecular flexibility index (Phi) is 4.97. The number of methoxy groups -OCH3 is 1. The molecule has 0 saturated heterocycles. The van der Waals surface area contributed by atoms with E-state index in [0.717, 1.165) is 0 Å². The van der Waals surface area contributed by atoms with Crippen molar-refractivity contribution in [1.82, 2.24) is 0 Å². The van der Waals surface area contributed by atoms with E-state index < -0.39 is 11.7 Å². The SMILES string of the molecule is COCCC(=O)C(C)C(=O)c1ccc(F)cc1. The molecule has 3 nitrogen and oxygen atoms in total. The molecule has 0 heterocycles. The quantitative estimate of drug-likeness (QED) is 0.564. The fourth-order valence-electron chi connectivity index (χ4n) is 1.43. The zero-order valence-electron chi connectivity index (χ0n) is 9.90. The number of Topliss-reactive ketones (excluding diaryl/α,β-unsaturated/α-hetero) is 2. The van der Waals surface area contributed by atoms with Crippen LogP contribution < -0.4 is 0 Å². The molecular formula is C13H15FO3. The van der Waals surface area contributed by atoms with E-state index in [4.69, 9.17) is 4.74 Å². The van der Waals surface area contributed by atoms with Gasteiger partial charge in [0.1, 0.15) is 11.6 Å². The first-order valence-corrected chi connectivity index (χ1v) is 5.37. The van der Waals surface area contributed by atoms with Crippen LogP contribution in [0.3, 0.4) is 0 Å². The molecule has 1 rings (SSSR count). The Balaban J connectivity index is 2.69. The Morgan fingerprint density at radius 3 is 2.41 bits per heavy atom. The summed E-state index contributed by atoms with van der Waals surface area (Å²) in [5, 5.41) is 0. The number of carbonyl (C=O) groups excluding carboxylic acids is 2. The van der Waals surface area contributed by atoms with Crippen molar-refractivity contribution in [2.45, 2.75) is 13.3 Å². The van der Waals surface area contributed by atoms with Gasteiger partial charge in [-0.3, -0.25) is 9.59 Å². The molecule has 0 aromatic heterocycles. The van der Waals surface area contributed by atoms with Gasteiger partial charge in [0, 0.05) is 19.1 Å². The molecule has 0 bridgehead atoms. The van der Waals surface area contributed by atoms with Crippen LogP contribution in [0.2, 0.25) is 0 Å². The molecule has 0 saturated carbocycles. The van der Waals surface area contributed by atoms with Crippen molar-refractivity contribution in [2.75, 3.05) is 13.7 Å². The second kappa shape index (κ2) is 6.25. The van der Waals surface area contributed by atoms with Gasteiger partial charge < -0.3 is 4.74 Å². The lowest BCUT2D eigenvalue weighted by Crippen LogP contribution is -2.22. The van der Waals surface area contributed by atoms with Crippen molar-refractivity contribution < 1.29 is 18.7 Å². The molecule has 0 aliphatic rings. The molecule has 4 heteroatoms. The zero-order valence-corrected chi connectivity index (χ0v) is 9.90. The second-order valence-electron chi connectivity index (χ2n) is 3.80. The molecule has 0 amide bonds. The highest BCUT2D eigenvalue weighted by molar-refractivity contribution is 6.10. The first kappa shape index (κ1) is 13.5. The lowest BCUT2D eigenvalue weighted by Gasteiger charge is -2.09. The summed E-state index contributed by atoms with van der Waals surface area (Å²) >= 11 is 0. The molecule has 0 spiro atoms. The first-order valence-electron chi connectivity index (χ1n) is 5.37. The van der Waals surface area contributed by atoms with Crippen LogP contribution >= 0.6 is 0 Å². The number of hydrogen-bond donors (Lipinski definition) is 0. The van der Waals surface area contributed by atoms with E-state index in [2.05, 4.69) is 0 Å². The van der Waals surface area contributed by atoms with Crippen LogP contribution in [-0.2, 0) is 9.53 Å². The van der Waals surface area contributed by atoms with Crippen LogP contribution in [0.5, 0.6) is 0 Å². The Morgan fingerprint density at radius 2 is 1.88 bits per heavy atom. The highest BCUT2D eigenvalue weighted by atomic mass is 19.1. The summed E-state index contributed by atoms with van der Waals surface area (Å²) in [6, 6.07) is 5.19. The van der Waals surface area contributed by atoms with Gasteiger partial charge in [0.2, 0.25) is 0 Å². The number of ether oxygens (including phenoxy) is 1. The smallest absolute Gasteiger partial charge is 0.173 e. The molecule has 0 fully saturated rings. The fraction of sp³-hybridized carbons (Fsp3) is 0.385. The number of ketones is 2. The van der Waals surface area contributed by atoms with Crippen LogP contribution in [0.4, 0.5) is 4.39 Å². The predicted molar refractivity (Wildman–Crippen MR) is 61.4 cm³/mol. The summed E-state index contributed by atoms with van der Waals surface area (Å²) in [5.74, 6) is -1.57. The lowest BCUT2D eigenvalue weighted by molar-refractivity contribution is -0.121. The van der Waals surface area contributed by atoms with Crippen molar-refractivity contribution in [3.63, 3.8) is 0 Å². The molecule has 0 aliphatic carbocycles. The monoisotopic (exact) mass is 238 g/mol. The number of benzene rings is 1. The minimum atomic E-state index is -0.712. The van der Waals surface area contributed by atoms with E-state index in [1.165, 1.54) is 31.4 Å². The number of halogens is 1. The summed E-state index contributed by atoms with van der Waals surface area (Å²) in [4.78, 5) is 23.5. The molecule has 1 aromatic rings. The van der Waals surface area contributed by atoms with Gasteiger partial charge in [-0.2, -0.15) is 0 Å². The minimum absolute atomic E-state index is 0.166. The van der Waals surface area contributed by atoms with E-state index in [9.17, 15) is 14.0 Å². The van der Waals surface area contributed by atoms with Crippen molar-refractivity contribution >= 4 is 11.6 Å².